The first-order valence-corrected chi connectivity index (χ1v) is 9.07. The number of hydrogen-bond acceptors (Lipinski definition) is 2. The number of carbonyl (C=O) groups is 1. The number of amides is 1. The van der Waals surface area contributed by atoms with Crippen molar-refractivity contribution in [2.24, 2.45) is 0 Å². The molecule has 1 aromatic carbocycles. The number of alkyl halides is 3. The first-order valence-electron chi connectivity index (χ1n) is 7.61. The molecule has 1 aliphatic carbocycles. The molecule has 1 heterocycles. The number of anilines is 1. The Kier molecular flexibility index (Phi) is 5.02. The smallest absolute Gasteiger partial charge is 0.323 e. The van der Waals surface area contributed by atoms with Gasteiger partial charge in [-0.05, 0) is 53.6 Å². The molecule has 1 amide bonds. The van der Waals surface area contributed by atoms with Crippen LogP contribution in [0.1, 0.15) is 31.2 Å². The molecule has 1 aliphatic rings. The van der Waals surface area contributed by atoms with Crippen LogP contribution in [0.25, 0.3) is 0 Å². The molecule has 2 aromatic rings. The Morgan fingerprint density at radius 1 is 1.32 bits per heavy atom. The van der Waals surface area contributed by atoms with Crippen LogP contribution in [0.2, 0.25) is 5.02 Å². The Hall–Kier alpha value is -1.29. The van der Waals surface area contributed by atoms with Crippen molar-refractivity contribution >= 4 is 45.8 Å². The summed E-state index contributed by atoms with van der Waals surface area (Å²) >= 11 is 8.06. The van der Waals surface area contributed by atoms with Crippen LogP contribution in [0, 0.1) is 3.57 Å². The van der Waals surface area contributed by atoms with E-state index < -0.39 is 17.3 Å². The van der Waals surface area contributed by atoms with Gasteiger partial charge in [0, 0.05) is 6.20 Å². The molecule has 134 valence electrons. The average Bonchev–Trinajstić information content (AvgIpc) is 3.17. The minimum atomic E-state index is -4.48. The van der Waals surface area contributed by atoms with Crippen molar-refractivity contribution < 1.29 is 18.0 Å². The van der Waals surface area contributed by atoms with Gasteiger partial charge >= 0.3 is 6.18 Å². The van der Waals surface area contributed by atoms with E-state index >= 15 is 0 Å². The molecule has 0 atom stereocenters. The Bertz CT molecular complexity index is 800. The van der Waals surface area contributed by atoms with Crippen LogP contribution in [-0.2, 0) is 16.5 Å². The van der Waals surface area contributed by atoms with Crippen LogP contribution in [0.15, 0.2) is 30.6 Å². The van der Waals surface area contributed by atoms with Gasteiger partial charge in [-0.25, -0.2) is 0 Å². The zero-order valence-corrected chi connectivity index (χ0v) is 15.8. The van der Waals surface area contributed by atoms with Gasteiger partial charge in [0.2, 0.25) is 0 Å². The van der Waals surface area contributed by atoms with E-state index in [1.165, 1.54) is 6.07 Å². The lowest BCUT2D eigenvalue weighted by molar-refractivity contribution is -0.137. The summed E-state index contributed by atoms with van der Waals surface area (Å²) < 4.78 is 40.8. The molecule has 0 saturated heterocycles. The molecular weight excluding hydrogens is 470 g/mol. The Labute approximate surface area is 160 Å². The third-order valence-electron chi connectivity index (χ3n) is 4.39. The average molecular weight is 484 g/mol. The molecule has 1 fully saturated rings. The maximum Gasteiger partial charge on any atom is 0.416 e. The van der Waals surface area contributed by atoms with Gasteiger partial charge in [-0.3, -0.25) is 9.48 Å². The van der Waals surface area contributed by atoms with E-state index in [9.17, 15) is 18.0 Å². The molecule has 9 heteroatoms. The molecule has 4 nitrogen and oxygen atoms in total. The van der Waals surface area contributed by atoms with E-state index in [1.54, 1.807) is 17.1 Å². The fourth-order valence-corrected chi connectivity index (χ4v) is 3.70. The number of nitrogens with one attached hydrogen (secondary N) is 1. The fraction of sp³-hybridized carbons (Fsp3) is 0.375. The second-order valence-electron chi connectivity index (χ2n) is 5.99. The van der Waals surface area contributed by atoms with Crippen LogP contribution in [0.5, 0.6) is 0 Å². The lowest BCUT2D eigenvalue weighted by Gasteiger charge is -2.28. The summed E-state index contributed by atoms with van der Waals surface area (Å²) in [5.74, 6) is -0.314. The van der Waals surface area contributed by atoms with Crippen molar-refractivity contribution in [3.63, 3.8) is 0 Å². The lowest BCUT2D eigenvalue weighted by Crippen LogP contribution is -2.43. The number of hydrogen-bond donors (Lipinski definition) is 1. The highest BCUT2D eigenvalue weighted by Gasteiger charge is 2.44. The predicted molar refractivity (Wildman–Crippen MR) is 96.5 cm³/mol. The van der Waals surface area contributed by atoms with Crippen LogP contribution in [0.3, 0.4) is 0 Å². The highest BCUT2D eigenvalue weighted by molar-refractivity contribution is 14.1. The summed E-state index contributed by atoms with van der Waals surface area (Å²) in [5.41, 5.74) is -1.53. The van der Waals surface area contributed by atoms with Gasteiger partial charge < -0.3 is 5.32 Å². The molecule has 1 N–H and O–H groups in total. The molecule has 0 aliphatic heterocycles. The van der Waals surface area contributed by atoms with E-state index in [0.29, 0.717) is 12.8 Å². The number of nitrogens with zero attached hydrogens (tertiary/aromatic N) is 2. The van der Waals surface area contributed by atoms with Gasteiger partial charge in [-0.1, -0.05) is 24.4 Å². The normalized spacial score (nSPS) is 16.8. The summed E-state index contributed by atoms with van der Waals surface area (Å²) in [6.07, 6.45) is 1.97. The molecule has 0 bridgehead atoms. The second-order valence-corrected chi connectivity index (χ2v) is 7.64. The summed E-state index contributed by atoms with van der Waals surface area (Å²) in [6.45, 7) is 0. The number of benzene rings is 1. The number of carbonyl (C=O) groups excluding carboxylic acids is 1. The second kappa shape index (κ2) is 6.79. The molecule has 25 heavy (non-hydrogen) atoms. The van der Waals surface area contributed by atoms with Crippen LogP contribution >= 0.6 is 34.2 Å². The van der Waals surface area contributed by atoms with Crippen molar-refractivity contribution in [2.75, 3.05) is 5.32 Å². The number of aromatic nitrogens is 2. The molecular formula is C16H14ClF3IN3O. The summed E-state index contributed by atoms with van der Waals surface area (Å²) in [7, 11) is 0. The lowest BCUT2D eigenvalue weighted by atomic mass is 9.96. The maximum atomic E-state index is 12.9. The van der Waals surface area contributed by atoms with Gasteiger partial charge in [-0.2, -0.15) is 18.3 Å². The fourth-order valence-electron chi connectivity index (χ4n) is 3.09. The van der Waals surface area contributed by atoms with Gasteiger partial charge in [0.05, 0.1) is 26.0 Å². The van der Waals surface area contributed by atoms with Crippen molar-refractivity contribution in [2.45, 2.75) is 37.4 Å². The van der Waals surface area contributed by atoms with Gasteiger partial charge in [0.15, 0.2) is 0 Å². The Morgan fingerprint density at radius 2 is 2.00 bits per heavy atom. The van der Waals surface area contributed by atoms with E-state index in [1.807, 2.05) is 0 Å². The van der Waals surface area contributed by atoms with Crippen molar-refractivity contribution in [1.82, 2.24) is 9.78 Å². The zero-order valence-electron chi connectivity index (χ0n) is 12.9. The standard InChI is InChI=1S/C16H14ClF3IN3O/c17-12-7-10(16(18,19)20)3-4-13(12)23-14(25)15(5-1-2-6-15)24-9-11(21)8-22-24/h3-4,7-9H,1-2,5-6H2,(H,23,25). The molecule has 0 unspecified atom stereocenters. The molecule has 0 spiro atoms. The summed E-state index contributed by atoms with van der Waals surface area (Å²) in [5, 5.41) is 6.80. The van der Waals surface area contributed by atoms with Crippen molar-refractivity contribution in [3.05, 3.63) is 44.7 Å². The van der Waals surface area contributed by atoms with Crippen LogP contribution < -0.4 is 5.32 Å². The molecule has 0 radical (unpaired) electrons. The minimum Gasteiger partial charge on any atom is -0.323 e. The van der Waals surface area contributed by atoms with Crippen molar-refractivity contribution in [1.29, 1.82) is 0 Å². The monoisotopic (exact) mass is 483 g/mol. The van der Waals surface area contributed by atoms with Crippen LogP contribution in [0.4, 0.5) is 18.9 Å². The highest BCUT2D eigenvalue weighted by atomic mass is 127. The maximum absolute atomic E-state index is 12.9. The van der Waals surface area contributed by atoms with E-state index in [4.69, 9.17) is 11.6 Å². The van der Waals surface area contributed by atoms with E-state index in [0.717, 1.165) is 28.5 Å². The van der Waals surface area contributed by atoms with Gasteiger partial charge in [0.25, 0.3) is 5.91 Å². The molecule has 1 saturated carbocycles. The first-order chi connectivity index (χ1) is 11.7. The zero-order chi connectivity index (χ0) is 18.2. The summed E-state index contributed by atoms with van der Waals surface area (Å²) in [6, 6.07) is 2.90. The van der Waals surface area contributed by atoms with Crippen LogP contribution in [-0.4, -0.2) is 15.7 Å². The van der Waals surface area contributed by atoms with Gasteiger partial charge in [-0.15, -0.1) is 0 Å². The minimum absolute atomic E-state index is 0.147. The molecule has 1 aromatic heterocycles. The van der Waals surface area contributed by atoms with E-state index in [-0.39, 0.29) is 16.6 Å². The highest BCUT2D eigenvalue weighted by Crippen LogP contribution is 2.39. The first kappa shape index (κ1) is 18.5. The Morgan fingerprint density at radius 3 is 2.52 bits per heavy atom. The third kappa shape index (κ3) is 3.64. The van der Waals surface area contributed by atoms with Gasteiger partial charge in [0.1, 0.15) is 5.54 Å². The quantitative estimate of drug-likeness (QED) is 0.620. The number of rotatable bonds is 3. The third-order valence-corrected chi connectivity index (χ3v) is 5.26. The van der Waals surface area contributed by atoms with E-state index in [2.05, 4.69) is 33.0 Å². The Balaban J connectivity index is 1.88. The van der Waals surface area contributed by atoms with Crippen molar-refractivity contribution in [3.8, 4) is 0 Å². The SMILES string of the molecule is O=C(Nc1ccc(C(F)(F)F)cc1Cl)C1(n2cc(I)cn2)CCCC1. The topological polar surface area (TPSA) is 46.9 Å². The molecule has 3 rings (SSSR count). The predicted octanol–water partition coefficient (Wildman–Crippen LogP) is 5.07. The largest absolute Gasteiger partial charge is 0.416 e. The summed E-state index contributed by atoms with van der Waals surface area (Å²) in [4.78, 5) is 12.9. The number of halogens is 5.